The maximum atomic E-state index is 12.9. The second-order valence-electron chi connectivity index (χ2n) is 8.85. The molecule has 2 rings (SSSR count). The molecule has 1 aromatic rings. The first kappa shape index (κ1) is 27.8. The Bertz CT molecular complexity index is 816. The third kappa shape index (κ3) is 7.78. The van der Waals surface area contributed by atoms with E-state index >= 15 is 0 Å². The van der Waals surface area contributed by atoms with E-state index in [0.29, 0.717) is 32.3 Å². The van der Waals surface area contributed by atoms with Gasteiger partial charge in [-0.15, -0.1) is 0 Å². The van der Waals surface area contributed by atoms with Crippen molar-refractivity contribution in [1.82, 2.24) is 20.9 Å². The quantitative estimate of drug-likeness (QED) is 0.227. The van der Waals surface area contributed by atoms with Crippen molar-refractivity contribution in [2.24, 2.45) is 0 Å². The summed E-state index contributed by atoms with van der Waals surface area (Å²) in [5.74, 6) is 0.671. The van der Waals surface area contributed by atoms with Crippen molar-refractivity contribution in [2.75, 3.05) is 33.7 Å². The number of amides is 2. The molecule has 0 saturated heterocycles. The summed E-state index contributed by atoms with van der Waals surface area (Å²) in [6.45, 7) is 4.83. The fraction of sp³-hybridized carbons (Fsp3) is 0.640. The maximum absolute atomic E-state index is 12.9. The summed E-state index contributed by atoms with van der Waals surface area (Å²) < 4.78 is 6.34. The predicted octanol–water partition coefficient (Wildman–Crippen LogP) is 0.423. The number of aliphatic hydroxyl groups is 1. The van der Waals surface area contributed by atoms with Gasteiger partial charge in [0.15, 0.2) is 0 Å². The summed E-state index contributed by atoms with van der Waals surface area (Å²) in [5, 5.41) is 18.8. The summed E-state index contributed by atoms with van der Waals surface area (Å²) in [5.41, 5.74) is 2.31. The monoisotopic (exact) mass is 476 g/mol. The summed E-state index contributed by atoms with van der Waals surface area (Å²) >= 11 is 0. The van der Waals surface area contributed by atoms with Crippen LogP contribution in [0.3, 0.4) is 0 Å². The highest BCUT2D eigenvalue weighted by Crippen LogP contribution is 2.32. The normalized spacial score (nSPS) is 17.6. The Morgan fingerprint density at radius 1 is 1.35 bits per heavy atom. The fourth-order valence-electron chi connectivity index (χ4n) is 4.20. The second-order valence-corrected chi connectivity index (χ2v) is 8.85. The number of aldehydes is 1. The van der Waals surface area contributed by atoms with E-state index in [1.807, 2.05) is 13.0 Å². The Hall–Kier alpha value is -2.49. The van der Waals surface area contributed by atoms with E-state index in [1.54, 1.807) is 14.1 Å². The third-order valence-corrected chi connectivity index (χ3v) is 6.21. The van der Waals surface area contributed by atoms with Crippen LogP contribution in [0.4, 0.5) is 0 Å². The number of nitrogens with zero attached hydrogens (tertiary/aromatic N) is 1. The van der Waals surface area contributed by atoms with Crippen LogP contribution < -0.4 is 20.7 Å². The number of rotatable bonds is 14. The molecular weight excluding hydrogens is 436 g/mol. The number of hydrogen-bond acceptors (Lipinski definition) is 7. The van der Waals surface area contributed by atoms with Gasteiger partial charge in [0.25, 0.3) is 0 Å². The number of ether oxygens (including phenoxy) is 1. The van der Waals surface area contributed by atoms with Crippen LogP contribution in [0, 0.1) is 0 Å². The molecule has 0 fully saturated rings. The lowest BCUT2D eigenvalue weighted by Crippen LogP contribution is -2.53. The topological polar surface area (TPSA) is 120 Å². The summed E-state index contributed by atoms with van der Waals surface area (Å²) in [6, 6.07) is 4.86. The lowest BCUT2D eigenvalue weighted by Gasteiger charge is -2.32. The van der Waals surface area contributed by atoms with Crippen LogP contribution in [0.1, 0.15) is 44.2 Å². The van der Waals surface area contributed by atoms with Gasteiger partial charge < -0.3 is 35.5 Å². The second kappa shape index (κ2) is 14.0. The van der Waals surface area contributed by atoms with Crippen molar-refractivity contribution >= 4 is 18.1 Å². The third-order valence-electron chi connectivity index (χ3n) is 6.21. The van der Waals surface area contributed by atoms with Crippen LogP contribution in [0.15, 0.2) is 18.2 Å². The van der Waals surface area contributed by atoms with Crippen LogP contribution in [-0.4, -0.2) is 86.1 Å². The van der Waals surface area contributed by atoms with E-state index in [0.717, 1.165) is 37.0 Å². The van der Waals surface area contributed by atoms with Gasteiger partial charge in [0.2, 0.25) is 11.8 Å². The molecule has 0 saturated carbocycles. The summed E-state index contributed by atoms with van der Waals surface area (Å²) in [6.07, 6.45) is 3.51. The average molecular weight is 477 g/mol. The maximum Gasteiger partial charge on any atom is 0.240 e. The lowest BCUT2D eigenvalue weighted by atomic mass is 9.97. The van der Waals surface area contributed by atoms with Gasteiger partial charge in [0.1, 0.15) is 24.2 Å². The first-order valence-corrected chi connectivity index (χ1v) is 12.1. The first-order chi connectivity index (χ1) is 16.3. The van der Waals surface area contributed by atoms with Crippen LogP contribution in [-0.2, 0) is 27.2 Å². The molecule has 9 heteroatoms. The number of fused-ring (bicyclic) bond motifs is 1. The number of nitrogens with one attached hydrogen (secondary N) is 3. The Labute approximate surface area is 202 Å². The van der Waals surface area contributed by atoms with E-state index in [4.69, 9.17) is 4.74 Å². The Kier molecular flexibility index (Phi) is 11.5. The SMILES string of the molecule is CCC(NCC1CCc2cccc(CCCNC(=O)CNC)c2O1)C(=O)N(C)C(C=O)C(C)O. The molecule has 4 unspecified atom stereocenters. The zero-order chi connectivity index (χ0) is 25.1. The summed E-state index contributed by atoms with van der Waals surface area (Å²) in [7, 11) is 3.28. The number of aliphatic hydroxyl groups excluding tert-OH is 1. The molecule has 190 valence electrons. The van der Waals surface area contributed by atoms with Crippen LogP contribution in [0.5, 0.6) is 5.75 Å². The number of hydrogen-bond donors (Lipinski definition) is 4. The van der Waals surface area contributed by atoms with Gasteiger partial charge >= 0.3 is 0 Å². The molecule has 0 spiro atoms. The Morgan fingerprint density at radius 3 is 2.76 bits per heavy atom. The van der Waals surface area contributed by atoms with Crippen molar-refractivity contribution in [2.45, 2.75) is 70.2 Å². The molecule has 34 heavy (non-hydrogen) atoms. The number of aryl methyl sites for hydroxylation is 2. The molecule has 9 nitrogen and oxygen atoms in total. The highest BCUT2D eigenvalue weighted by molar-refractivity contribution is 5.84. The molecule has 0 bridgehead atoms. The van der Waals surface area contributed by atoms with Crippen LogP contribution >= 0.6 is 0 Å². The zero-order valence-electron chi connectivity index (χ0n) is 20.8. The Morgan fingerprint density at radius 2 is 2.12 bits per heavy atom. The lowest BCUT2D eigenvalue weighted by molar-refractivity contribution is -0.139. The number of carbonyl (C=O) groups is 3. The van der Waals surface area contributed by atoms with Gasteiger partial charge in [0.05, 0.1) is 18.7 Å². The van der Waals surface area contributed by atoms with Gasteiger partial charge in [0, 0.05) is 20.1 Å². The van der Waals surface area contributed by atoms with Crippen molar-refractivity contribution in [3.05, 3.63) is 29.3 Å². The molecule has 1 aliphatic heterocycles. The van der Waals surface area contributed by atoms with Gasteiger partial charge in [-0.3, -0.25) is 9.59 Å². The van der Waals surface area contributed by atoms with Crippen molar-refractivity contribution in [3.63, 3.8) is 0 Å². The van der Waals surface area contributed by atoms with Crippen molar-refractivity contribution in [3.8, 4) is 5.75 Å². The standard InChI is InChI=1S/C25H40N4O5/c1-5-21(25(33)29(4)22(16-30)17(2)31)28-14-20-12-11-19-9-6-8-18(24(19)34-20)10-7-13-27-23(32)15-26-3/h6,8-9,16-17,20-22,26,28,31H,5,7,10-15H2,1-4H3,(H,27,32). The number of likely N-dealkylation sites (N-methyl/N-ethyl adjacent to an activating group) is 2. The van der Waals surface area contributed by atoms with Crippen molar-refractivity contribution < 1.29 is 24.2 Å². The molecule has 1 aliphatic rings. The molecule has 4 atom stereocenters. The predicted molar refractivity (Wildman–Crippen MR) is 131 cm³/mol. The van der Waals surface area contributed by atoms with Crippen molar-refractivity contribution in [1.29, 1.82) is 0 Å². The zero-order valence-corrected chi connectivity index (χ0v) is 20.8. The van der Waals surface area contributed by atoms with E-state index in [1.165, 1.54) is 17.4 Å². The first-order valence-electron chi connectivity index (χ1n) is 12.1. The van der Waals surface area contributed by atoms with Gasteiger partial charge in [-0.25, -0.2) is 0 Å². The van der Waals surface area contributed by atoms with E-state index < -0.39 is 18.2 Å². The minimum Gasteiger partial charge on any atom is -0.489 e. The van der Waals surface area contributed by atoms with E-state index in [9.17, 15) is 19.5 Å². The average Bonchev–Trinajstić information content (AvgIpc) is 2.82. The minimum absolute atomic E-state index is 0.0152. The molecule has 0 radical (unpaired) electrons. The summed E-state index contributed by atoms with van der Waals surface area (Å²) in [4.78, 5) is 37.1. The molecule has 1 heterocycles. The van der Waals surface area contributed by atoms with E-state index in [-0.39, 0.29) is 17.9 Å². The van der Waals surface area contributed by atoms with Gasteiger partial charge in [-0.2, -0.15) is 0 Å². The highest BCUT2D eigenvalue weighted by Gasteiger charge is 2.29. The molecule has 1 aromatic carbocycles. The smallest absolute Gasteiger partial charge is 0.240 e. The molecule has 2 amide bonds. The molecule has 0 aromatic heterocycles. The molecule has 4 N–H and O–H groups in total. The largest absolute Gasteiger partial charge is 0.489 e. The molecule has 0 aliphatic carbocycles. The van der Waals surface area contributed by atoms with Gasteiger partial charge in [-0.1, -0.05) is 25.1 Å². The molecular formula is C25H40N4O5. The number of carbonyl (C=O) groups excluding carboxylic acids is 3. The van der Waals surface area contributed by atoms with Crippen LogP contribution in [0.25, 0.3) is 0 Å². The highest BCUT2D eigenvalue weighted by atomic mass is 16.5. The van der Waals surface area contributed by atoms with Crippen LogP contribution in [0.2, 0.25) is 0 Å². The number of benzene rings is 1. The number of para-hydroxylation sites is 1. The Balaban J connectivity index is 1.93. The van der Waals surface area contributed by atoms with Gasteiger partial charge in [-0.05, 0) is 57.2 Å². The minimum atomic E-state index is -0.933. The van der Waals surface area contributed by atoms with E-state index in [2.05, 4.69) is 28.1 Å². The fourth-order valence-corrected chi connectivity index (χ4v) is 4.20.